The minimum absolute atomic E-state index is 0.0106. The molecule has 4 saturated carbocycles. The minimum atomic E-state index is -2.27. The Morgan fingerprint density at radius 1 is 0.466 bits per heavy atom. The van der Waals surface area contributed by atoms with Crippen LogP contribution in [0.4, 0.5) is 21.2 Å². The highest BCUT2D eigenvalue weighted by atomic mass is 35.5. The summed E-state index contributed by atoms with van der Waals surface area (Å²) in [5.41, 5.74) is 15.3. The maximum atomic E-state index is 14.1. The summed E-state index contributed by atoms with van der Waals surface area (Å²) in [6.07, 6.45) is 30.0. The lowest BCUT2D eigenvalue weighted by Crippen LogP contribution is -2.50. The number of nitrogens with zero attached hydrogens (tertiary/aromatic N) is 11. The predicted octanol–water partition coefficient (Wildman–Crippen LogP) is 21.6. The molecular formula is C106H143ClN14O10Si2. The second-order valence-electron chi connectivity index (χ2n) is 41.7. The number of pyridine rings is 6. The van der Waals surface area contributed by atoms with Crippen LogP contribution >= 0.6 is 11.6 Å². The molecule has 133 heavy (non-hydrogen) atoms. The molecule has 27 heteroatoms. The van der Waals surface area contributed by atoms with Crippen LogP contribution in [0.5, 0.6) is 0 Å². The second kappa shape index (κ2) is 45.3. The normalized spacial score (nSPS) is 19.2. The molecule has 0 radical (unpaired) electrons. The van der Waals surface area contributed by atoms with Crippen LogP contribution in [0.2, 0.25) is 41.9 Å². The van der Waals surface area contributed by atoms with Gasteiger partial charge in [0.05, 0.1) is 30.4 Å². The molecule has 712 valence electrons. The number of carbonyl (C=O) groups is 5. The van der Waals surface area contributed by atoms with Crippen LogP contribution in [0.1, 0.15) is 259 Å². The number of carbonyl (C=O) groups excluding carboxylic acids is 5. The molecule has 9 atom stereocenters. The van der Waals surface area contributed by atoms with Gasteiger partial charge < -0.3 is 54.5 Å². The fraction of sp³-hybridized carbons (Fsp3) is 0.500. The van der Waals surface area contributed by atoms with Crippen LogP contribution in [-0.2, 0) is 57.2 Å². The first-order valence-corrected chi connectivity index (χ1v) is 53.9. The maximum absolute atomic E-state index is 14.1. The number of amides is 5. The number of benzene rings is 3. The topological polar surface area (TPSA) is 286 Å². The minimum Gasteiger partial charge on any atom is -0.444 e. The Morgan fingerprint density at radius 2 is 0.842 bits per heavy atom. The standard InChI is InChI=1S/C39H55N5O4Si.C35H47ClN4O4Si.C29H34N4O2.C3H7N/c1-38(2,3)47-37(46)44-32(23-27-12-14-29(15-13-27)36(45)43(7)26-28-11-10-22-40-24-28)19-20-33(44)35(48-49(8,9)39(4,5)6)30-16-21-34(41-25-30)42-31-17-18-31;1-24(2)45(7,8)44-32(28-15-18-31(36)38-22-28)30-17-16-29(40(30)34(42)43-35(3,4)5)20-25-11-13-27(14-12-25)33(41)39(6)23-26-10-9-19-37-21-26;1-33(19-22-3-2-14-30-17-22)29(35)23-7-4-20(5-8-23)15-21-6-9-24(16-21)28(34)25-10-13-27(31-18-25)32-26-11-12-26;4-3-1-2-3/h10-16,21-22,24-25,31-33,35H,17-20,23,26H2,1-9H3,(H,41,42);9-15,18-19,21-22,24,29-30,32H,16-17,20,23H2,1-8H3;2-5,7-8,10,13-14,17-18,21,24,26,28,34H,6,9,11-12,15-16,19H2,1H3,(H,31,32);3H,1-2,4H2/t32-,33+,35+;29-,30+,32+;21-,24-,28-;/m000./s1. The van der Waals surface area contributed by atoms with Gasteiger partial charge >= 0.3 is 12.2 Å². The number of nitrogens with two attached hydrogens (primary N) is 1. The third kappa shape index (κ3) is 30.1. The fourth-order valence-electron chi connectivity index (χ4n) is 16.8. The van der Waals surface area contributed by atoms with Gasteiger partial charge in [-0.1, -0.05) is 119 Å². The van der Waals surface area contributed by atoms with Crippen molar-refractivity contribution >= 4 is 69.8 Å². The Hall–Kier alpha value is -10.3. The van der Waals surface area contributed by atoms with Gasteiger partial charge in [-0.3, -0.25) is 39.1 Å². The van der Waals surface area contributed by atoms with E-state index in [9.17, 15) is 29.1 Å². The molecule has 0 spiro atoms. The Kier molecular flexibility index (Phi) is 34.7. The summed E-state index contributed by atoms with van der Waals surface area (Å²) in [4.78, 5) is 102. The van der Waals surface area contributed by atoms with Crippen molar-refractivity contribution in [3.63, 3.8) is 0 Å². The lowest BCUT2D eigenvalue weighted by atomic mass is 9.92. The molecule has 24 nitrogen and oxygen atoms in total. The molecule has 9 aromatic rings. The lowest BCUT2D eigenvalue weighted by molar-refractivity contribution is -0.00296. The van der Waals surface area contributed by atoms with Gasteiger partial charge in [0, 0.05) is 155 Å². The van der Waals surface area contributed by atoms with Gasteiger partial charge in [-0.25, -0.2) is 24.5 Å². The van der Waals surface area contributed by atoms with E-state index in [0.29, 0.717) is 83.9 Å². The lowest BCUT2D eigenvalue weighted by Gasteiger charge is -2.43. The van der Waals surface area contributed by atoms with Crippen LogP contribution in [0, 0.1) is 11.8 Å². The first-order chi connectivity index (χ1) is 63.1. The quantitative estimate of drug-likeness (QED) is 0.0240. The summed E-state index contributed by atoms with van der Waals surface area (Å²) < 4.78 is 26.2. The number of aromatic nitrogens is 6. The van der Waals surface area contributed by atoms with Gasteiger partial charge in [0.25, 0.3) is 17.7 Å². The maximum Gasteiger partial charge on any atom is 0.410 e. The van der Waals surface area contributed by atoms with E-state index >= 15 is 0 Å². The zero-order valence-electron chi connectivity index (χ0n) is 81.5. The third-order valence-corrected chi connectivity index (χ3v) is 34.7. The van der Waals surface area contributed by atoms with E-state index in [1.807, 2.05) is 192 Å². The number of rotatable bonds is 30. The summed E-state index contributed by atoms with van der Waals surface area (Å²) >= 11 is 6.15. The number of hydrogen-bond donors (Lipinski definition) is 4. The van der Waals surface area contributed by atoms with Crippen molar-refractivity contribution in [2.75, 3.05) is 31.8 Å². The van der Waals surface area contributed by atoms with E-state index in [1.54, 1.807) is 78.2 Å². The van der Waals surface area contributed by atoms with Crippen molar-refractivity contribution in [2.24, 2.45) is 17.6 Å². The van der Waals surface area contributed by atoms with E-state index in [2.05, 4.69) is 115 Å². The molecule has 8 heterocycles. The van der Waals surface area contributed by atoms with Crippen LogP contribution in [0.15, 0.2) is 201 Å². The van der Waals surface area contributed by atoms with Gasteiger partial charge in [-0.2, -0.15) is 0 Å². The van der Waals surface area contributed by atoms with Crippen molar-refractivity contribution in [3.05, 3.63) is 273 Å². The van der Waals surface area contributed by atoms with Crippen LogP contribution in [-0.4, -0.2) is 181 Å². The van der Waals surface area contributed by atoms with Crippen molar-refractivity contribution in [3.8, 4) is 0 Å². The first kappa shape index (κ1) is 102. The highest BCUT2D eigenvalue weighted by Gasteiger charge is 2.50. The number of hydrogen-bond acceptors (Lipinski definition) is 19. The van der Waals surface area contributed by atoms with Crippen LogP contribution in [0.3, 0.4) is 0 Å². The van der Waals surface area contributed by atoms with Gasteiger partial charge in [0.1, 0.15) is 28.0 Å². The zero-order chi connectivity index (χ0) is 95.7. The molecule has 6 fully saturated rings. The second-order valence-corrected chi connectivity index (χ2v) is 51.4. The summed E-state index contributed by atoms with van der Waals surface area (Å²) in [6.45, 7) is 32.9. The molecule has 2 aliphatic heterocycles. The number of halogens is 1. The van der Waals surface area contributed by atoms with Gasteiger partial charge in [0.2, 0.25) is 0 Å². The highest BCUT2D eigenvalue weighted by Crippen LogP contribution is 2.47. The van der Waals surface area contributed by atoms with Crippen LogP contribution < -0.4 is 16.4 Å². The Bertz CT molecular complexity index is 5220. The summed E-state index contributed by atoms with van der Waals surface area (Å²) in [6, 6.07) is 47.9. The smallest absolute Gasteiger partial charge is 0.410 e. The van der Waals surface area contributed by atoms with Gasteiger partial charge in [0.15, 0.2) is 16.6 Å². The number of likely N-dealkylation sites (tertiary alicyclic amines) is 2. The van der Waals surface area contributed by atoms with Crippen LogP contribution in [0.25, 0.3) is 0 Å². The highest BCUT2D eigenvalue weighted by molar-refractivity contribution is 6.74. The summed E-state index contributed by atoms with van der Waals surface area (Å²) in [5, 5.41) is 18.2. The first-order valence-electron chi connectivity index (χ1n) is 47.7. The fourth-order valence-corrected chi connectivity index (χ4v) is 19.4. The third-order valence-electron chi connectivity index (χ3n) is 26.4. The van der Waals surface area contributed by atoms with Crippen molar-refractivity contribution in [2.45, 2.75) is 307 Å². The van der Waals surface area contributed by atoms with E-state index in [4.69, 9.17) is 40.6 Å². The van der Waals surface area contributed by atoms with Gasteiger partial charge in [-0.05, 0) is 305 Å². The summed E-state index contributed by atoms with van der Waals surface area (Å²) in [5.74, 6) is 2.49. The Labute approximate surface area is 796 Å². The van der Waals surface area contributed by atoms with E-state index < -0.39 is 33.9 Å². The average Bonchev–Trinajstić information content (AvgIpc) is 1.63. The molecule has 6 aromatic heterocycles. The zero-order valence-corrected chi connectivity index (χ0v) is 84.2. The number of nitrogens with one attached hydrogen (secondary N) is 2. The van der Waals surface area contributed by atoms with Crippen molar-refractivity contribution in [1.82, 2.24) is 54.4 Å². The Morgan fingerprint density at radius 3 is 1.17 bits per heavy atom. The van der Waals surface area contributed by atoms with Crippen molar-refractivity contribution in [1.29, 1.82) is 0 Å². The summed E-state index contributed by atoms with van der Waals surface area (Å²) in [7, 11) is 0.997. The molecule has 15 rings (SSSR count). The largest absolute Gasteiger partial charge is 0.444 e. The molecule has 5 amide bonds. The molecule has 5 N–H and O–H groups in total. The molecule has 3 aromatic carbocycles. The molecular weight excluding hydrogens is 1720 g/mol. The monoisotopic (exact) mass is 1860 g/mol. The number of aliphatic hydroxyl groups is 1. The molecule has 6 aliphatic rings. The number of anilines is 2. The Balaban J connectivity index is 0.000000178. The van der Waals surface area contributed by atoms with E-state index in [-0.39, 0.29) is 77.2 Å². The molecule has 0 unspecified atom stereocenters. The predicted molar refractivity (Wildman–Crippen MR) is 532 cm³/mol. The van der Waals surface area contributed by atoms with E-state index in [1.165, 1.54) is 44.1 Å². The molecule has 0 bridgehead atoms. The number of aliphatic hydroxyl groups excluding tert-OH is 1. The number of ether oxygens (including phenoxy) is 2. The molecule has 4 aliphatic carbocycles. The van der Waals surface area contributed by atoms with Gasteiger partial charge in [-0.15, -0.1) is 0 Å². The molecule has 2 saturated heterocycles. The SMILES string of the molecule is CC(C)[Si](C)(C)O[C@H](c1ccc(Cl)nc1)[C@H]1CC[C@@H](Cc2ccc(C(=O)N(C)Cc3cccnc3)cc2)N1C(=O)OC(C)(C)C.CN(Cc1cccnc1)C(=O)c1ccc(C[C@@H]2CC[C@H]([C@H](O)c3ccc(NC4CC4)nc3)C2)cc1.CN(Cc1cccnc1)C(=O)c1ccc(C[C@@H]2CC[C@H]([C@H](O[Si](C)(C)C(C)(C)C)c3ccc(NC4CC4)nc3)N2C(=O)OC(C)(C)C)cc1.NC1CC1. The van der Waals surface area contributed by atoms with Crippen molar-refractivity contribution < 1.29 is 47.4 Å². The van der Waals surface area contributed by atoms with E-state index in [0.717, 1.165) is 108 Å². The average molecular weight is 1870 g/mol.